The number of hydrogen-bond acceptors (Lipinski definition) is 7. The van der Waals surface area contributed by atoms with Gasteiger partial charge >= 0.3 is 163 Å². The maximum atomic E-state index is 10.4. The summed E-state index contributed by atoms with van der Waals surface area (Å²) < 4.78 is 26.5. The van der Waals surface area contributed by atoms with Gasteiger partial charge in [0.1, 0.15) is 0 Å². The molecule has 2 saturated heterocycles. The average Bonchev–Trinajstić information content (AvgIpc) is 3.29. The molecule has 2 aliphatic heterocycles. The molecule has 28 heavy (non-hydrogen) atoms. The van der Waals surface area contributed by atoms with E-state index < -0.39 is 18.9 Å². The molecule has 0 saturated carbocycles. The number of benzene rings is 2. The van der Waals surface area contributed by atoms with Crippen LogP contribution in [0, 0.1) is 22.7 Å². The Morgan fingerprint density at radius 2 is 1.18 bits per heavy atom. The molecule has 2 atom stereocenters. The van der Waals surface area contributed by atoms with E-state index in [2.05, 4.69) is 12.1 Å². The predicted octanol–water partition coefficient (Wildman–Crippen LogP) is 3.61. The summed E-state index contributed by atoms with van der Waals surface area (Å²) in [6.07, 6.45) is 0. The number of nitrogens with zero attached hydrogens (tertiary/aromatic N) is 3. The van der Waals surface area contributed by atoms with E-state index in [1.165, 1.54) is 0 Å². The van der Waals surface area contributed by atoms with Gasteiger partial charge in [-0.3, -0.25) is 0 Å². The molecule has 0 radical (unpaired) electrons. The Hall–Kier alpha value is -2.35. The van der Waals surface area contributed by atoms with Gasteiger partial charge in [-0.2, -0.15) is 0 Å². The van der Waals surface area contributed by atoms with Gasteiger partial charge in [-0.15, -0.1) is 0 Å². The fourth-order valence-corrected chi connectivity index (χ4v) is 7.04. The molecule has 2 fully saturated rings. The van der Waals surface area contributed by atoms with Crippen LogP contribution in [0.2, 0.25) is 0 Å². The zero-order chi connectivity index (χ0) is 19.9. The van der Waals surface area contributed by atoms with Crippen LogP contribution in [0.3, 0.4) is 0 Å². The van der Waals surface area contributed by atoms with Crippen molar-refractivity contribution in [3.63, 3.8) is 0 Å². The van der Waals surface area contributed by atoms with Crippen molar-refractivity contribution in [1.82, 2.24) is 4.67 Å². The van der Waals surface area contributed by atoms with E-state index in [0.29, 0.717) is 11.1 Å². The first-order valence-electron chi connectivity index (χ1n) is 8.83. The van der Waals surface area contributed by atoms with Gasteiger partial charge < -0.3 is 0 Å². The minimum atomic E-state index is -4.39. The second kappa shape index (κ2) is 6.34. The van der Waals surface area contributed by atoms with E-state index in [1.54, 1.807) is 67.3 Å². The first-order valence-corrected chi connectivity index (χ1v) is 10.7. The van der Waals surface area contributed by atoms with Crippen molar-refractivity contribution < 1.29 is 18.1 Å². The topological polar surface area (TPSA) is 87.7 Å². The van der Waals surface area contributed by atoms with E-state index in [1.807, 2.05) is 12.1 Å². The molecule has 0 bridgehead atoms. The number of nitriles is 2. The van der Waals surface area contributed by atoms with E-state index in [0.717, 1.165) is 0 Å². The van der Waals surface area contributed by atoms with Crippen molar-refractivity contribution in [2.75, 3.05) is 27.3 Å². The van der Waals surface area contributed by atoms with Crippen molar-refractivity contribution >= 4 is 7.66 Å². The Labute approximate surface area is 163 Å². The van der Waals surface area contributed by atoms with Crippen LogP contribution in [-0.4, -0.2) is 32.0 Å². The Balaban J connectivity index is 2.07. The summed E-state index contributed by atoms with van der Waals surface area (Å²) in [5.74, 6) is 0. The second-order valence-corrected chi connectivity index (χ2v) is 10.0. The molecule has 2 aromatic rings. The molecule has 1 spiro atoms. The van der Waals surface area contributed by atoms with Gasteiger partial charge in [0.2, 0.25) is 0 Å². The third-order valence-corrected chi connectivity index (χ3v) is 8.79. The van der Waals surface area contributed by atoms with E-state index >= 15 is 0 Å². The fraction of sp³-hybridized carbons (Fsp3) is 0.300. The summed E-state index contributed by atoms with van der Waals surface area (Å²) in [6.45, 7) is 0.477. The summed E-state index contributed by atoms with van der Waals surface area (Å²) in [5, 5.41) is 20.8. The van der Waals surface area contributed by atoms with Crippen molar-refractivity contribution in [2.24, 2.45) is 0 Å². The monoisotopic (exact) mass is 397 g/mol. The van der Waals surface area contributed by atoms with E-state index in [4.69, 9.17) is 18.1 Å². The predicted molar refractivity (Wildman–Crippen MR) is 102 cm³/mol. The number of rotatable bonds is 3. The van der Waals surface area contributed by atoms with Gasteiger partial charge in [0.25, 0.3) is 0 Å². The molecule has 7 nitrogen and oxygen atoms in total. The average molecular weight is 397 g/mol. The summed E-state index contributed by atoms with van der Waals surface area (Å²) in [7, 11) is -0.981. The molecular weight excluding hydrogens is 377 g/mol. The third-order valence-electron chi connectivity index (χ3n) is 5.10. The summed E-state index contributed by atoms with van der Waals surface area (Å²) >= 11 is 0. The van der Waals surface area contributed by atoms with Gasteiger partial charge in [-0.1, -0.05) is 0 Å². The third kappa shape index (κ3) is 2.24. The molecule has 0 N–H and O–H groups in total. The molecule has 8 heteroatoms. The zero-order valence-electron chi connectivity index (χ0n) is 15.6. The van der Waals surface area contributed by atoms with Gasteiger partial charge in [0.05, 0.1) is 0 Å². The van der Waals surface area contributed by atoms with Crippen molar-refractivity contribution in [2.45, 2.75) is 11.2 Å². The van der Waals surface area contributed by atoms with Gasteiger partial charge in [-0.05, 0) is 0 Å². The van der Waals surface area contributed by atoms with Crippen LogP contribution in [-0.2, 0) is 29.3 Å². The van der Waals surface area contributed by atoms with Gasteiger partial charge in [-0.25, -0.2) is 0 Å². The first kappa shape index (κ1) is 19.0. The molecule has 2 unspecified atom stereocenters. The van der Waals surface area contributed by atoms with Crippen molar-refractivity contribution in [3.8, 4) is 12.1 Å². The molecule has 0 aliphatic carbocycles. The van der Waals surface area contributed by atoms with Crippen LogP contribution in [0.5, 0.6) is 0 Å². The van der Waals surface area contributed by atoms with Crippen LogP contribution in [0.1, 0.15) is 11.1 Å². The Morgan fingerprint density at radius 1 is 0.786 bits per heavy atom. The fourth-order valence-electron chi connectivity index (χ4n) is 3.71. The van der Waals surface area contributed by atoms with Gasteiger partial charge in [0, 0.05) is 0 Å². The molecule has 2 aliphatic rings. The van der Waals surface area contributed by atoms with Gasteiger partial charge in [0.15, 0.2) is 0 Å². The second-order valence-electron chi connectivity index (χ2n) is 6.79. The Kier molecular flexibility index (Phi) is 4.30. The molecule has 2 heterocycles. The van der Waals surface area contributed by atoms with E-state index in [-0.39, 0.29) is 13.2 Å². The Morgan fingerprint density at radius 3 is 1.50 bits per heavy atom. The van der Waals surface area contributed by atoms with Crippen LogP contribution in [0.4, 0.5) is 0 Å². The van der Waals surface area contributed by atoms with Crippen molar-refractivity contribution in [1.29, 1.82) is 10.5 Å². The summed E-state index contributed by atoms with van der Waals surface area (Å²) in [4.78, 5) is 0. The van der Waals surface area contributed by atoms with E-state index in [9.17, 15) is 10.5 Å². The SMILES string of the molecule is CN(C)P12(OCCO1)OC(C#N)(c1ccccc1)C(C#N)(c1ccccc1)O2. The maximum absolute atomic E-state index is 10.4. The minimum absolute atomic E-state index is 0.239. The number of hydrogen-bond donors (Lipinski definition) is 0. The Bertz CT molecular complexity index is 897. The molecule has 144 valence electrons. The molecule has 0 aromatic heterocycles. The molecule has 2 aromatic carbocycles. The summed E-state index contributed by atoms with van der Waals surface area (Å²) in [5.41, 5.74) is -2.61. The molecule has 4 rings (SSSR count). The molecule has 0 amide bonds. The van der Waals surface area contributed by atoms with Crippen LogP contribution in [0.15, 0.2) is 60.7 Å². The van der Waals surface area contributed by atoms with Crippen LogP contribution < -0.4 is 0 Å². The normalized spacial score (nSPS) is 31.7. The van der Waals surface area contributed by atoms with Crippen LogP contribution >= 0.6 is 7.66 Å². The molecular formula is C20H20N3O4P. The first-order chi connectivity index (χ1) is 13.5. The standard InChI is InChI=1S/C20H20N3O4P/c1-23(2)28(24-13-14-25-28)26-19(15-21,17-9-5-3-6-10-17)20(16-22,27-28)18-11-7-4-8-12-18/h3-12H,13-14H2,1-2H3. The quantitative estimate of drug-likeness (QED) is 0.731. The van der Waals surface area contributed by atoms with Crippen molar-refractivity contribution in [3.05, 3.63) is 71.8 Å². The van der Waals surface area contributed by atoms with Crippen LogP contribution in [0.25, 0.3) is 0 Å². The zero-order valence-corrected chi connectivity index (χ0v) is 16.5. The summed E-state index contributed by atoms with van der Waals surface area (Å²) in [6, 6.07) is 22.3.